The molecule has 1 aromatic rings. The minimum Gasteiger partial charge on any atom is -0.486 e. The van der Waals surface area contributed by atoms with Crippen molar-refractivity contribution in [1.29, 1.82) is 0 Å². The second-order valence-electron chi connectivity index (χ2n) is 4.66. The number of hydrogen-bond acceptors (Lipinski definition) is 2. The quantitative estimate of drug-likeness (QED) is 0.612. The molecular weight excluding hydrogens is 274 g/mol. The lowest BCUT2D eigenvalue weighted by Gasteiger charge is -2.24. The summed E-state index contributed by atoms with van der Waals surface area (Å²) in [5.74, 6) is -6.77. The molecule has 2 unspecified atom stereocenters. The number of benzene rings is 1. The molecule has 114 valence electrons. The van der Waals surface area contributed by atoms with Crippen molar-refractivity contribution in [3.05, 3.63) is 29.3 Å². The summed E-state index contributed by atoms with van der Waals surface area (Å²) in [6, 6.07) is 0.00340. The van der Waals surface area contributed by atoms with Crippen LogP contribution in [0.15, 0.2) is 6.07 Å². The van der Waals surface area contributed by atoms with Crippen molar-refractivity contribution in [1.82, 2.24) is 5.32 Å². The summed E-state index contributed by atoms with van der Waals surface area (Å²) in [4.78, 5) is 0. The van der Waals surface area contributed by atoms with E-state index in [0.717, 1.165) is 6.42 Å². The van der Waals surface area contributed by atoms with Crippen LogP contribution in [-0.4, -0.2) is 19.2 Å². The SMILES string of the molecule is CCNC(COc1c(F)c(F)cc(F)c1F)C(C)CC. The van der Waals surface area contributed by atoms with Gasteiger partial charge in [-0.15, -0.1) is 0 Å². The van der Waals surface area contributed by atoms with Crippen LogP contribution in [0.3, 0.4) is 0 Å². The first kappa shape index (κ1) is 16.8. The van der Waals surface area contributed by atoms with Gasteiger partial charge in [0.1, 0.15) is 6.61 Å². The highest BCUT2D eigenvalue weighted by Crippen LogP contribution is 2.26. The minimum absolute atomic E-state index is 0.0699. The molecule has 0 heterocycles. The monoisotopic (exact) mass is 293 g/mol. The summed E-state index contributed by atoms with van der Waals surface area (Å²) in [7, 11) is 0. The number of hydrogen-bond donors (Lipinski definition) is 1. The van der Waals surface area contributed by atoms with Crippen LogP contribution in [0.1, 0.15) is 27.2 Å². The largest absolute Gasteiger partial charge is 0.486 e. The van der Waals surface area contributed by atoms with Crippen molar-refractivity contribution in [3.63, 3.8) is 0 Å². The highest BCUT2D eigenvalue weighted by atomic mass is 19.2. The average molecular weight is 293 g/mol. The fourth-order valence-corrected chi connectivity index (χ4v) is 1.82. The number of nitrogens with one attached hydrogen (secondary N) is 1. The van der Waals surface area contributed by atoms with Crippen LogP contribution >= 0.6 is 0 Å². The molecule has 0 bridgehead atoms. The second kappa shape index (κ2) is 7.47. The van der Waals surface area contributed by atoms with Gasteiger partial charge in [-0.1, -0.05) is 27.2 Å². The van der Waals surface area contributed by atoms with Crippen LogP contribution in [-0.2, 0) is 0 Å². The first-order valence-corrected chi connectivity index (χ1v) is 6.61. The molecule has 0 aliphatic carbocycles. The van der Waals surface area contributed by atoms with Crippen LogP contribution in [0.25, 0.3) is 0 Å². The lowest BCUT2D eigenvalue weighted by atomic mass is 10.00. The third-order valence-electron chi connectivity index (χ3n) is 3.28. The predicted octanol–water partition coefficient (Wildman–Crippen LogP) is 3.65. The van der Waals surface area contributed by atoms with Gasteiger partial charge >= 0.3 is 0 Å². The van der Waals surface area contributed by atoms with E-state index in [0.29, 0.717) is 6.54 Å². The summed E-state index contributed by atoms with van der Waals surface area (Å²) in [6.45, 7) is 6.40. The van der Waals surface area contributed by atoms with Crippen molar-refractivity contribution in [2.45, 2.75) is 33.2 Å². The van der Waals surface area contributed by atoms with Crippen LogP contribution in [0.2, 0.25) is 0 Å². The molecule has 0 spiro atoms. The second-order valence-corrected chi connectivity index (χ2v) is 4.66. The molecule has 0 fully saturated rings. The van der Waals surface area contributed by atoms with Crippen molar-refractivity contribution in [2.24, 2.45) is 5.92 Å². The summed E-state index contributed by atoms with van der Waals surface area (Å²) >= 11 is 0. The fraction of sp³-hybridized carbons (Fsp3) is 0.571. The zero-order valence-corrected chi connectivity index (χ0v) is 11.8. The molecule has 0 radical (unpaired) electrons. The lowest BCUT2D eigenvalue weighted by Crippen LogP contribution is -2.39. The Morgan fingerprint density at radius 3 is 2.10 bits per heavy atom. The summed E-state index contributed by atoms with van der Waals surface area (Å²) < 4.78 is 57.9. The zero-order valence-electron chi connectivity index (χ0n) is 11.8. The minimum atomic E-state index is -1.51. The molecule has 2 atom stereocenters. The van der Waals surface area contributed by atoms with Crippen LogP contribution in [0.5, 0.6) is 5.75 Å². The van der Waals surface area contributed by atoms with Gasteiger partial charge in [0.2, 0.25) is 11.6 Å². The molecule has 2 nitrogen and oxygen atoms in total. The Morgan fingerprint density at radius 2 is 1.65 bits per heavy atom. The van der Waals surface area contributed by atoms with E-state index in [-0.39, 0.29) is 24.6 Å². The van der Waals surface area contributed by atoms with E-state index in [1.165, 1.54) is 0 Å². The summed E-state index contributed by atoms with van der Waals surface area (Å²) in [6.07, 6.45) is 0.837. The topological polar surface area (TPSA) is 21.3 Å². The van der Waals surface area contributed by atoms with E-state index in [9.17, 15) is 17.6 Å². The maximum atomic E-state index is 13.4. The van der Waals surface area contributed by atoms with Gasteiger partial charge in [0.05, 0.1) is 0 Å². The molecule has 1 N–H and O–H groups in total. The van der Waals surface area contributed by atoms with Gasteiger partial charge in [0.15, 0.2) is 17.4 Å². The van der Waals surface area contributed by atoms with Gasteiger partial charge in [-0.3, -0.25) is 0 Å². The Morgan fingerprint density at radius 1 is 1.10 bits per heavy atom. The third kappa shape index (κ3) is 3.85. The van der Waals surface area contributed by atoms with E-state index in [1.54, 1.807) is 0 Å². The maximum Gasteiger partial charge on any atom is 0.203 e. The molecule has 0 aromatic heterocycles. The van der Waals surface area contributed by atoms with Crippen LogP contribution in [0.4, 0.5) is 17.6 Å². The summed E-state index contributed by atoms with van der Waals surface area (Å²) in [5, 5.41) is 3.11. The Balaban J connectivity index is 2.88. The Labute approximate surface area is 116 Å². The molecular formula is C14H19F4NO. The summed E-state index contributed by atoms with van der Waals surface area (Å²) in [5.41, 5.74) is 0. The van der Waals surface area contributed by atoms with E-state index in [1.807, 2.05) is 20.8 Å². The van der Waals surface area contributed by atoms with Gasteiger partial charge in [0.25, 0.3) is 0 Å². The number of ether oxygens (including phenoxy) is 1. The molecule has 0 aliphatic heterocycles. The number of rotatable bonds is 7. The zero-order chi connectivity index (χ0) is 15.3. The smallest absolute Gasteiger partial charge is 0.203 e. The molecule has 0 aliphatic rings. The van der Waals surface area contributed by atoms with E-state index in [2.05, 4.69) is 5.32 Å². The third-order valence-corrected chi connectivity index (χ3v) is 3.28. The van der Waals surface area contributed by atoms with Gasteiger partial charge in [-0.25, -0.2) is 8.78 Å². The molecule has 6 heteroatoms. The standard InChI is InChI=1S/C14H19F4NO/c1-4-8(3)11(19-5-2)7-20-14-12(17)9(15)6-10(16)13(14)18/h6,8,11,19H,4-5,7H2,1-3H3. The number of halogens is 4. The van der Waals surface area contributed by atoms with Crippen molar-refractivity contribution in [3.8, 4) is 5.75 Å². The molecule has 0 amide bonds. The van der Waals surface area contributed by atoms with Crippen molar-refractivity contribution < 1.29 is 22.3 Å². The Bertz CT molecular complexity index is 427. The highest BCUT2D eigenvalue weighted by molar-refractivity contribution is 5.28. The molecule has 0 saturated carbocycles. The van der Waals surface area contributed by atoms with Gasteiger partial charge < -0.3 is 10.1 Å². The normalized spacial score (nSPS) is 14.2. The van der Waals surface area contributed by atoms with Crippen molar-refractivity contribution in [2.75, 3.05) is 13.2 Å². The maximum absolute atomic E-state index is 13.4. The highest BCUT2D eigenvalue weighted by Gasteiger charge is 2.23. The van der Waals surface area contributed by atoms with E-state index < -0.39 is 29.0 Å². The number of likely N-dealkylation sites (N-methyl/N-ethyl adjacent to an activating group) is 1. The van der Waals surface area contributed by atoms with Gasteiger partial charge in [0, 0.05) is 12.1 Å². The lowest BCUT2D eigenvalue weighted by molar-refractivity contribution is 0.203. The van der Waals surface area contributed by atoms with Crippen LogP contribution < -0.4 is 10.1 Å². The molecule has 1 rings (SSSR count). The molecule has 1 aromatic carbocycles. The van der Waals surface area contributed by atoms with E-state index >= 15 is 0 Å². The predicted molar refractivity (Wildman–Crippen MR) is 68.7 cm³/mol. The first-order chi connectivity index (χ1) is 9.42. The Kier molecular flexibility index (Phi) is 6.26. The van der Waals surface area contributed by atoms with Crippen LogP contribution in [0, 0.1) is 29.2 Å². The fourth-order valence-electron chi connectivity index (χ4n) is 1.82. The van der Waals surface area contributed by atoms with Crippen molar-refractivity contribution >= 4 is 0 Å². The van der Waals surface area contributed by atoms with Gasteiger partial charge in [-0.05, 0) is 12.5 Å². The van der Waals surface area contributed by atoms with Gasteiger partial charge in [-0.2, -0.15) is 8.78 Å². The van der Waals surface area contributed by atoms with E-state index in [4.69, 9.17) is 4.74 Å². The first-order valence-electron chi connectivity index (χ1n) is 6.61. The molecule has 0 saturated heterocycles. The average Bonchev–Trinajstić information content (AvgIpc) is 2.43. The Hall–Kier alpha value is -1.30. The molecule has 20 heavy (non-hydrogen) atoms.